The zero-order chi connectivity index (χ0) is 97.6. The molecule has 0 saturated heterocycles. The summed E-state index contributed by atoms with van der Waals surface area (Å²) in [6, 6.07) is 80.2. The summed E-state index contributed by atoms with van der Waals surface area (Å²) < 4.78 is 140. The van der Waals surface area contributed by atoms with Crippen LogP contribution in [0.2, 0.25) is 0 Å². The normalized spacial score (nSPS) is 15.0. The Balaban J connectivity index is 0.000000230. The van der Waals surface area contributed by atoms with E-state index in [0.717, 1.165) is 124 Å². The highest BCUT2D eigenvalue weighted by molar-refractivity contribution is 7.87. The van der Waals surface area contributed by atoms with Crippen molar-refractivity contribution in [2.24, 2.45) is 20.3 Å². The third kappa shape index (κ3) is 24.1. The van der Waals surface area contributed by atoms with Gasteiger partial charge in [0.1, 0.15) is 58.2 Å². The van der Waals surface area contributed by atoms with Crippen molar-refractivity contribution >= 4 is 80.7 Å². The van der Waals surface area contributed by atoms with E-state index in [1.54, 1.807) is 80.8 Å². The molecule has 20 nitrogen and oxygen atoms in total. The van der Waals surface area contributed by atoms with Crippen molar-refractivity contribution in [3.05, 3.63) is 347 Å². The Hall–Kier alpha value is -13.7. The minimum atomic E-state index is -4.57. The molecule has 712 valence electrons. The van der Waals surface area contributed by atoms with Crippen molar-refractivity contribution in [1.82, 2.24) is 21.3 Å². The Morgan fingerprint density at radius 2 is 0.647 bits per heavy atom. The van der Waals surface area contributed by atoms with Gasteiger partial charge in [0.2, 0.25) is 0 Å². The zero-order valence-corrected chi connectivity index (χ0v) is 81.0. The number of benzene rings is 12. The molecule has 0 saturated carbocycles. The van der Waals surface area contributed by atoms with E-state index in [-0.39, 0.29) is 46.4 Å². The van der Waals surface area contributed by atoms with Crippen LogP contribution in [0.4, 0.5) is 58.7 Å². The van der Waals surface area contributed by atoms with Crippen molar-refractivity contribution in [2.75, 3.05) is 77.0 Å². The SMILES string of the molecule is C=C(N[C@@H](CN=P(c1ccc(OC)cc1)(c1ccc(OC)cc1)c1ccc(OC)cc1)C(C)(C)C)N[C@H]1c2ccccc2C[C@@H]1Oc1ccc(C)cc1NC(=O)Nc1cc(C)cc(C(F)(F)F)c1.C=C(N[C@@H]1c2ccccc2C[C@H]1Oc1ccc(C)cc1NC(=O)Nc1cc(C)cc(C(F)(F)F)c1)N[C@H](CN=P(c1ccc(OC)cc1)(c1ccc(OC)cc1)c1ccc(OC)cc1)C(C)(C)C. The van der Waals surface area contributed by atoms with Crippen LogP contribution < -0.4 is 112 Å². The Labute approximate surface area is 792 Å². The van der Waals surface area contributed by atoms with Gasteiger partial charge < -0.3 is 80.4 Å². The van der Waals surface area contributed by atoms with Gasteiger partial charge in [-0.3, -0.25) is 9.49 Å². The molecule has 14 rings (SSSR count). The third-order valence-corrected chi connectivity index (χ3v) is 31.5. The van der Waals surface area contributed by atoms with Gasteiger partial charge in [0, 0.05) is 56.0 Å². The van der Waals surface area contributed by atoms with E-state index in [4.69, 9.17) is 47.4 Å². The smallest absolute Gasteiger partial charge is 0.416 e. The van der Waals surface area contributed by atoms with E-state index in [2.05, 4.69) is 194 Å². The molecule has 12 aromatic carbocycles. The second-order valence-corrected chi connectivity index (χ2v) is 42.1. The number of amides is 4. The molecule has 8 N–H and O–H groups in total. The Bertz CT molecular complexity index is 5720. The molecule has 0 fully saturated rings. The van der Waals surface area contributed by atoms with Crippen LogP contribution in [0.1, 0.15) is 109 Å². The summed E-state index contributed by atoms with van der Waals surface area (Å²) in [4.78, 5) is 26.7. The first kappa shape index (κ1) is 99.8. The lowest BCUT2D eigenvalue weighted by Gasteiger charge is -2.35. The zero-order valence-electron chi connectivity index (χ0n) is 79.2. The molecule has 136 heavy (non-hydrogen) atoms. The fraction of sp³-hybridized carbons (Fsp3) is 0.278. The minimum absolute atomic E-state index is 0.0163. The van der Waals surface area contributed by atoms with Gasteiger partial charge in [-0.15, -0.1) is 0 Å². The first-order valence-corrected chi connectivity index (χ1v) is 48.0. The Morgan fingerprint density at radius 3 is 0.912 bits per heavy atom. The van der Waals surface area contributed by atoms with Gasteiger partial charge in [0.25, 0.3) is 0 Å². The summed E-state index contributed by atoms with van der Waals surface area (Å²) >= 11 is 0. The monoisotopic (exact) mass is 1890 g/mol. The van der Waals surface area contributed by atoms with Gasteiger partial charge in [-0.1, -0.05) is 115 Å². The van der Waals surface area contributed by atoms with Crippen LogP contribution in [0.15, 0.2) is 301 Å². The number of fused-ring (bicyclic) bond motifs is 2. The number of nitrogens with zero attached hydrogens (tertiary/aromatic N) is 2. The molecular weight excluding hydrogens is 1770 g/mol. The lowest BCUT2D eigenvalue weighted by molar-refractivity contribution is -0.138. The van der Waals surface area contributed by atoms with Crippen molar-refractivity contribution in [1.29, 1.82) is 0 Å². The largest absolute Gasteiger partial charge is 0.497 e. The number of alkyl halides is 6. The fourth-order valence-electron chi connectivity index (χ4n) is 16.8. The molecule has 0 aliphatic heterocycles. The van der Waals surface area contributed by atoms with E-state index in [9.17, 15) is 35.9 Å². The minimum Gasteiger partial charge on any atom is -0.497 e. The number of carbonyl (C=O) groups excluding carboxylic acids is 2. The molecule has 0 aromatic heterocycles. The maximum Gasteiger partial charge on any atom is 0.416 e. The predicted octanol–water partition coefficient (Wildman–Crippen LogP) is 22.6. The van der Waals surface area contributed by atoms with Crippen molar-refractivity contribution in [3.8, 4) is 46.0 Å². The quantitative estimate of drug-likeness (QED) is 0.0145. The molecule has 0 heterocycles. The van der Waals surface area contributed by atoms with E-state index in [1.165, 1.54) is 12.1 Å². The number of urea groups is 2. The highest BCUT2D eigenvalue weighted by atomic mass is 31.2. The van der Waals surface area contributed by atoms with Crippen LogP contribution in [0.25, 0.3) is 0 Å². The summed E-state index contributed by atoms with van der Waals surface area (Å²) in [7, 11) is 4.50. The lowest BCUT2D eigenvalue weighted by atomic mass is 9.87. The maximum absolute atomic E-state index is 13.6. The van der Waals surface area contributed by atoms with Crippen LogP contribution in [0, 0.1) is 38.5 Å². The summed E-state index contributed by atoms with van der Waals surface area (Å²) in [5.41, 5.74) is 5.15. The molecule has 6 atom stereocenters. The number of anilines is 4. The van der Waals surface area contributed by atoms with Crippen LogP contribution in [0.5, 0.6) is 46.0 Å². The molecule has 0 radical (unpaired) electrons. The predicted molar refractivity (Wildman–Crippen MR) is 536 cm³/mol. The van der Waals surface area contributed by atoms with Crippen molar-refractivity contribution in [3.63, 3.8) is 0 Å². The number of aryl methyl sites for hydroxylation is 4. The van der Waals surface area contributed by atoms with Gasteiger partial charge in [-0.2, -0.15) is 26.3 Å². The van der Waals surface area contributed by atoms with Crippen molar-refractivity contribution < 1.29 is 73.8 Å². The van der Waals surface area contributed by atoms with Gasteiger partial charge in [-0.05, 0) is 289 Å². The molecule has 0 unspecified atom stereocenters. The first-order valence-electron chi connectivity index (χ1n) is 44.5. The third-order valence-electron chi connectivity index (χ3n) is 24.1. The van der Waals surface area contributed by atoms with E-state index in [0.29, 0.717) is 71.6 Å². The molecule has 2 aliphatic carbocycles. The molecule has 28 heteroatoms. The number of hydrogen-bond donors (Lipinski definition) is 8. The number of ether oxygens (including phenoxy) is 8. The van der Waals surface area contributed by atoms with Crippen LogP contribution in [-0.2, 0) is 25.2 Å². The molecule has 2 aliphatic rings. The van der Waals surface area contributed by atoms with Crippen LogP contribution >= 0.6 is 14.1 Å². The second-order valence-electron chi connectivity index (χ2n) is 35.9. The molecule has 4 amide bonds. The summed E-state index contributed by atoms with van der Waals surface area (Å²) in [6.07, 6.45) is -8.91. The Morgan fingerprint density at radius 1 is 0.368 bits per heavy atom. The lowest BCUT2D eigenvalue weighted by Crippen LogP contribution is -2.46. The van der Waals surface area contributed by atoms with E-state index in [1.807, 2.05) is 123 Å². The second kappa shape index (κ2) is 42.9. The van der Waals surface area contributed by atoms with Gasteiger partial charge in [0.15, 0.2) is 0 Å². The fourth-order valence-corrected chi connectivity index (χ4v) is 23.9. The molecule has 0 bridgehead atoms. The van der Waals surface area contributed by atoms with E-state index < -0.39 is 61.9 Å². The van der Waals surface area contributed by atoms with Crippen LogP contribution in [0.3, 0.4) is 0 Å². The van der Waals surface area contributed by atoms with E-state index >= 15 is 0 Å². The molecule has 0 spiro atoms. The number of carbonyl (C=O) groups is 2. The van der Waals surface area contributed by atoms with Gasteiger partial charge in [-0.25, -0.2) is 9.59 Å². The maximum atomic E-state index is 13.6. The average Bonchev–Trinajstić information content (AvgIpc) is 1.03. The van der Waals surface area contributed by atoms with Gasteiger partial charge >= 0.3 is 24.4 Å². The average molecular weight is 1890 g/mol. The number of hydrogen-bond acceptors (Lipinski definition) is 16. The summed E-state index contributed by atoms with van der Waals surface area (Å²) in [6.45, 7) is 29.7. The number of halogens is 6. The van der Waals surface area contributed by atoms with Gasteiger partial charge in [0.05, 0.1) is 128 Å². The Kier molecular flexibility index (Phi) is 31.5. The first-order chi connectivity index (χ1) is 64.8. The topological polar surface area (TPSA) is 229 Å². The molecule has 12 aromatic rings. The molecular formula is C108H118F6N10O10P2. The number of rotatable bonds is 32. The number of methoxy groups -OCH3 is 6. The standard InChI is InChI=1S/2C54H59F3N5O5P/c2*1-34-14-27-48(47(30-34)62-52(63)61-39-29-35(2)28-38(32-39)54(55,56)57)67-49-31-37-12-10-11-13-46(37)51(49)60-36(3)59-50(53(4,5)6)33-58-68(43-21-15-40(64-7)16-22-43,44-23-17-41(65-8)18-24-44)45-25-19-42(66-9)20-26-45/h2*10-30,32,49-51,59-60H,3,31,33H2,1-2,4-9H3,(H2,61,62,63)/t2*49-,50-,51-/m10/s1. The highest BCUT2D eigenvalue weighted by Crippen LogP contribution is 2.51. The van der Waals surface area contributed by atoms with Crippen molar-refractivity contribution in [2.45, 2.75) is 131 Å². The number of nitrogens with one attached hydrogen (secondary N) is 8. The van der Waals surface area contributed by atoms with Crippen LogP contribution in [-0.4, -0.2) is 92.1 Å². The summed E-state index contributed by atoms with van der Waals surface area (Å²) in [5, 5.41) is 31.9. The summed E-state index contributed by atoms with van der Waals surface area (Å²) in [5.74, 6) is 6.42. The highest BCUT2D eigenvalue weighted by Gasteiger charge is 2.41.